The van der Waals surface area contributed by atoms with Gasteiger partial charge in [-0.15, -0.1) is 10.2 Å². The number of azo groups is 1. The smallest absolute Gasteiger partial charge is 0.270 e. The molecule has 0 spiro atoms. The minimum atomic E-state index is -0.461. The highest BCUT2D eigenvalue weighted by molar-refractivity contribution is 5.99. The van der Waals surface area contributed by atoms with Gasteiger partial charge in [0, 0.05) is 24.7 Å². The van der Waals surface area contributed by atoms with Gasteiger partial charge in [0.1, 0.15) is 5.75 Å². The molecule has 2 aromatic carbocycles. The largest absolute Gasteiger partial charge is 0.507 e. The summed E-state index contributed by atoms with van der Waals surface area (Å²) in [5.74, 6) is 0.855. The molecule has 0 aliphatic carbocycles. The van der Waals surface area contributed by atoms with Crippen molar-refractivity contribution in [3.8, 4) is 5.75 Å². The van der Waals surface area contributed by atoms with Crippen molar-refractivity contribution in [1.29, 1.82) is 0 Å². The lowest BCUT2D eigenvalue weighted by molar-refractivity contribution is -0.384. The van der Waals surface area contributed by atoms with E-state index in [9.17, 15) is 15.2 Å². The zero-order chi connectivity index (χ0) is 20.1. The second-order valence-corrected chi connectivity index (χ2v) is 6.84. The summed E-state index contributed by atoms with van der Waals surface area (Å²) in [6.07, 6.45) is 0. The first kappa shape index (κ1) is 20.2. The number of phenolic OH excluding ortho intramolecular Hbond substituents is 1. The van der Waals surface area contributed by atoms with Gasteiger partial charge in [-0.2, -0.15) is 0 Å². The highest BCUT2D eigenvalue weighted by Gasteiger charge is 2.15. The molecule has 0 aromatic heterocycles. The summed E-state index contributed by atoms with van der Waals surface area (Å²) in [4.78, 5) is 14.6. The Hall–Kier alpha value is -3.09. The fourth-order valence-electron chi connectivity index (χ4n) is 2.70. The molecular weight excluding hydrogens is 344 g/mol. The third kappa shape index (κ3) is 4.75. The molecule has 0 aliphatic rings. The first-order valence-corrected chi connectivity index (χ1v) is 8.74. The van der Waals surface area contributed by atoms with Crippen LogP contribution in [0.1, 0.15) is 56.2 Å². The minimum absolute atomic E-state index is 0.0299. The first-order valence-electron chi connectivity index (χ1n) is 8.74. The molecule has 2 aromatic rings. The van der Waals surface area contributed by atoms with E-state index >= 15 is 0 Å². The molecule has 27 heavy (non-hydrogen) atoms. The maximum absolute atomic E-state index is 11.0. The standard InChI is InChI=1S/C20H24N4O3/c1-12(2)17-10-15(11-18(13(3)4)19(17)25)22-23-20(21-5)14-7-6-8-16(9-14)24(26)27/h6-13,25H,1-5H3. The van der Waals surface area contributed by atoms with Crippen molar-refractivity contribution < 1.29 is 10.0 Å². The summed E-state index contributed by atoms with van der Waals surface area (Å²) in [6, 6.07) is 9.72. The average molecular weight is 368 g/mol. The zero-order valence-corrected chi connectivity index (χ0v) is 16.2. The average Bonchev–Trinajstić information content (AvgIpc) is 2.62. The summed E-state index contributed by atoms with van der Waals surface area (Å²) in [5.41, 5.74) is 2.70. The van der Waals surface area contributed by atoms with Crippen molar-refractivity contribution in [3.63, 3.8) is 0 Å². The summed E-state index contributed by atoms with van der Waals surface area (Å²) in [7, 11) is 1.56. The third-order valence-corrected chi connectivity index (χ3v) is 4.18. The second-order valence-electron chi connectivity index (χ2n) is 6.84. The van der Waals surface area contributed by atoms with Crippen LogP contribution in [0.25, 0.3) is 0 Å². The molecule has 142 valence electrons. The van der Waals surface area contributed by atoms with E-state index in [1.54, 1.807) is 31.3 Å². The Morgan fingerprint density at radius 1 is 1.07 bits per heavy atom. The molecule has 0 atom stereocenters. The fourth-order valence-corrected chi connectivity index (χ4v) is 2.70. The monoisotopic (exact) mass is 368 g/mol. The zero-order valence-electron chi connectivity index (χ0n) is 16.2. The van der Waals surface area contributed by atoms with E-state index in [1.165, 1.54) is 12.1 Å². The number of hydrogen-bond donors (Lipinski definition) is 1. The number of benzene rings is 2. The second kappa shape index (κ2) is 8.53. The van der Waals surface area contributed by atoms with Crippen LogP contribution in [-0.4, -0.2) is 22.9 Å². The number of rotatable bonds is 5. The normalized spacial score (nSPS) is 12.3. The van der Waals surface area contributed by atoms with Gasteiger partial charge in [0.25, 0.3) is 5.69 Å². The first-order chi connectivity index (χ1) is 12.7. The van der Waals surface area contributed by atoms with Crippen LogP contribution in [-0.2, 0) is 0 Å². The van der Waals surface area contributed by atoms with Gasteiger partial charge < -0.3 is 5.11 Å². The van der Waals surface area contributed by atoms with Crippen LogP contribution < -0.4 is 0 Å². The van der Waals surface area contributed by atoms with Crippen molar-refractivity contribution in [3.05, 3.63) is 63.2 Å². The third-order valence-electron chi connectivity index (χ3n) is 4.18. The Bertz CT molecular complexity index is 873. The van der Waals surface area contributed by atoms with Crippen LogP contribution in [0.2, 0.25) is 0 Å². The Labute approximate surface area is 158 Å². The molecule has 0 radical (unpaired) electrons. The Morgan fingerprint density at radius 2 is 1.67 bits per heavy atom. The SMILES string of the molecule is CN=C(N=Nc1cc(C(C)C)c(O)c(C(C)C)c1)c1cccc([N+](=O)[O-])c1. The number of aromatic hydroxyl groups is 1. The van der Waals surface area contributed by atoms with Gasteiger partial charge in [0.15, 0.2) is 5.84 Å². The van der Waals surface area contributed by atoms with Crippen LogP contribution >= 0.6 is 0 Å². The predicted molar refractivity (Wildman–Crippen MR) is 106 cm³/mol. The van der Waals surface area contributed by atoms with Crippen molar-refractivity contribution in [2.24, 2.45) is 15.2 Å². The van der Waals surface area contributed by atoms with Gasteiger partial charge in [-0.25, -0.2) is 0 Å². The summed E-state index contributed by atoms with van der Waals surface area (Å²) < 4.78 is 0. The lowest BCUT2D eigenvalue weighted by Crippen LogP contribution is -1.98. The molecule has 0 saturated heterocycles. The van der Waals surface area contributed by atoms with Crippen LogP contribution in [0.3, 0.4) is 0 Å². The van der Waals surface area contributed by atoms with Gasteiger partial charge in [-0.05, 0) is 35.1 Å². The molecule has 0 amide bonds. The van der Waals surface area contributed by atoms with Crippen LogP contribution in [0.5, 0.6) is 5.75 Å². The van der Waals surface area contributed by atoms with E-state index in [0.717, 1.165) is 11.1 Å². The summed E-state index contributed by atoms with van der Waals surface area (Å²) >= 11 is 0. The number of amidine groups is 1. The lowest BCUT2D eigenvalue weighted by Gasteiger charge is -2.15. The quantitative estimate of drug-likeness (QED) is 0.240. The summed E-state index contributed by atoms with van der Waals surface area (Å²) in [5, 5.41) is 29.9. The van der Waals surface area contributed by atoms with Crippen molar-refractivity contribution >= 4 is 17.2 Å². The number of aliphatic imine (C=N–C) groups is 1. The highest BCUT2D eigenvalue weighted by Crippen LogP contribution is 2.37. The van der Waals surface area contributed by atoms with Gasteiger partial charge >= 0.3 is 0 Å². The van der Waals surface area contributed by atoms with E-state index in [4.69, 9.17) is 0 Å². The lowest BCUT2D eigenvalue weighted by atomic mass is 9.93. The van der Waals surface area contributed by atoms with E-state index in [0.29, 0.717) is 22.8 Å². The molecule has 0 unspecified atom stereocenters. The van der Waals surface area contributed by atoms with Gasteiger partial charge in [0.05, 0.1) is 10.6 Å². The molecule has 1 N–H and O–H groups in total. The molecule has 7 nitrogen and oxygen atoms in total. The number of nitro benzene ring substituents is 1. The number of hydrogen-bond acceptors (Lipinski definition) is 5. The molecule has 2 rings (SSSR count). The Kier molecular flexibility index (Phi) is 6.39. The van der Waals surface area contributed by atoms with Crippen LogP contribution in [0.15, 0.2) is 51.6 Å². The maximum atomic E-state index is 11.0. The Balaban J connectivity index is 2.44. The predicted octanol–water partition coefficient (Wildman–Crippen LogP) is 5.71. The minimum Gasteiger partial charge on any atom is -0.507 e. The molecular formula is C20H24N4O3. The molecule has 0 fully saturated rings. The van der Waals surface area contributed by atoms with Crippen molar-refractivity contribution in [2.45, 2.75) is 39.5 Å². The Morgan fingerprint density at radius 3 is 2.15 bits per heavy atom. The molecule has 0 heterocycles. The fraction of sp³-hybridized carbons (Fsp3) is 0.350. The molecule has 0 aliphatic heterocycles. The number of nitrogens with zero attached hydrogens (tertiary/aromatic N) is 4. The van der Waals surface area contributed by atoms with Crippen molar-refractivity contribution in [2.75, 3.05) is 7.05 Å². The van der Waals surface area contributed by atoms with E-state index in [1.807, 2.05) is 27.7 Å². The summed E-state index contributed by atoms with van der Waals surface area (Å²) in [6.45, 7) is 8.01. The molecule has 0 bridgehead atoms. The molecule has 0 saturated carbocycles. The van der Waals surface area contributed by atoms with E-state index in [2.05, 4.69) is 15.2 Å². The van der Waals surface area contributed by atoms with Crippen molar-refractivity contribution in [1.82, 2.24) is 0 Å². The topological polar surface area (TPSA) is 100 Å². The number of nitro groups is 1. The van der Waals surface area contributed by atoms with Gasteiger partial charge in [-0.3, -0.25) is 15.1 Å². The van der Waals surface area contributed by atoms with Gasteiger partial charge in [-0.1, -0.05) is 39.8 Å². The van der Waals surface area contributed by atoms with Crippen LogP contribution in [0.4, 0.5) is 11.4 Å². The van der Waals surface area contributed by atoms with Crippen LogP contribution in [0, 0.1) is 10.1 Å². The van der Waals surface area contributed by atoms with E-state index < -0.39 is 4.92 Å². The number of phenols is 1. The number of non-ortho nitro benzene ring substituents is 1. The molecule has 7 heteroatoms. The van der Waals surface area contributed by atoms with Gasteiger partial charge in [0.2, 0.25) is 0 Å². The maximum Gasteiger partial charge on any atom is 0.270 e. The van der Waals surface area contributed by atoms with E-state index in [-0.39, 0.29) is 17.5 Å². The highest BCUT2D eigenvalue weighted by atomic mass is 16.6.